The lowest BCUT2D eigenvalue weighted by atomic mass is 10.1. The number of nitrogens with zero attached hydrogens (tertiary/aromatic N) is 1. The Balaban J connectivity index is 2.73. The molecule has 0 amide bonds. The van der Waals surface area contributed by atoms with Gasteiger partial charge in [0.15, 0.2) is 0 Å². The molecule has 2 rings (SSSR count). The minimum absolute atomic E-state index is 0.0321. The fourth-order valence-corrected chi connectivity index (χ4v) is 2.23. The Kier molecular flexibility index (Phi) is 4.14. The van der Waals surface area contributed by atoms with E-state index in [0.717, 1.165) is 0 Å². The first-order chi connectivity index (χ1) is 9.21. The van der Waals surface area contributed by atoms with Gasteiger partial charge in [0.25, 0.3) is 0 Å². The number of hydrogen-bond acceptors (Lipinski definition) is 1. The number of aromatic nitrogens is 1. The van der Waals surface area contributed by atoms with E-state index in [9.17, 15) is 17.6 Å². The van der Waals surface area contributed by atoms with Crippen LogP contribution in [0.15, 0.2) is 24.3 Å². The SMILES string of the molecule is Fc1ccc(C(F)(F)F)nc1-c1c(Cl)ccc(Cl)c1Cl. The fraction of sp³-hybridized carbons (Fsp3) is 0.0833. The molecule has 0 aliphatic rings. The van der Waals surface area contributed by atoms with Gasteiger partial charge in [-0.05, 0) is 24.3 Å². The van der Waals surface area contributed by atoms with Gasteiger partial charge in [-0.25, -0.2) is 9.37 Å². The molecule has 0 saturated heterocycles. The molecule has 0 aliphatic heterocycles. The summed E-state index contributed by atoms with van der Waals surface area (Å²) in [5, 5.41) is -0.181. The number of hydrogen-bond donors (Lipinski definition) is 0. The van der Waals surface area contributed by atoms with E-state index in [4.69, 9.17) is 34.8 Å². The van der Waals surface area contributed by atoms with Crippen LogP contribution in [-0.4, -0.2) is 4.98 Å². The monoisotopic (exact) mass is 343 g/mol. The van der Waals surface area contributed by atoms with Gasteiger partial charge in [0.2, 0.25) is 0 Å². The summed E-state index contributed by atoms with van der Waals surface area (Å²) in [6.45, 7) is 0. The van der Waals surface area contributed by atoms with Gasteiger partial charge in [-0.1, -0.05) is 34.8 Å². The predicted octanol–water partition coefficient (Wildman–Crippen LogP) is 5.87. The van der Waals surface area contributed by atoms with Crippen molar-refractivity contribution in [1.82, 2.24) is 4.98 Å². The maximum Gasteiger partial charge on any atom is 0.433 e. The van der Waals surface area contributed by atoms with E-state index in [-0.39, 0.29) is 20.6 Å². The van der Waals surface area contributed by atoms with E-state index in [1.807, 2.05) is 0 Å². The highest BCUT2D eigenvalue weighted by molar-refractivity contribution is 6.46. The summed E-state index contributed by atoms with van der Waals surface area (Å²) < 4.78 is 51.6. The molecular weight excluding hydrogens is 340 g/mol. The van der Waals surface area contributed by atoms with Crippen molar-refractivity contribution in [3.05, 3.63) is 50.8 Å². The zero-order valence-electron chi connectivity index (χ0n) is 9.40. The van der Waals surface area contributed by atoms with E-state index in [1.165, 1.54) is 12.1 Å². The number of alkyl halides is 3. The summed E-state index contributed by atoms with van der Waals surface area (Å²) in [5.41, 5.74) is -2.03. The molecule has 0 aliphatic carbocycles. The van der Waals surface area contributed by atoms with Crippen LogP contribution in [0.25, 0.3) is 11.3 Å². The summed E-state index contributed by atoms with van der Waals surface area (Å²) in [4.78, 5) is 3.25. The summed E-state index contributed by atoms with van der Waals surface area (Å²) in [5.74, 6) is -0.982. The molecule has 0 spiro atoms. The topological polar surface area (TPSA) is 12.9 Å². The van der Waals surface area contributed by atoms with Crippen LogP contribution in [0.4, 0.5) is 17.6 Å². The average molecular weight is 345 g/mol. The minimum Gasteiger partial charge on any atom is -0.240 e. The van der Waals surface area contributed by atoms with Crippen molar-refractivity contribution in [3.63, 3.8) is 0 Å². The Labute approximate surface area is 126 Å². The van der Waals surface area contributed by atoms with Gasteiger partial charge in [-0.3, -0.25) is 0 Å². The molecule has 2 aromatic rings. The average Bonchev–Trinajstić information content (AvgIpc) is 2.35. The smallest absolute Gasteiger partial charge is 0.240 e. The molecule has 0 saturated carbocycles. The number of benzene rings is 1. The number of rotatable bonds is 1. The van der Waals surface area contributed by atoms with Crippen LogP contribution in [0.3, 0.4) is 0 Å². The number of pyridine rings is 1. The van der Waals surface area contributed by atoms with E-state index in [0.29, 0.717) is 12.1 Å². The van der Waals surface area contributed by atoms with Crippen molar-refractivity contribution < 1.29 is 17.6 Å². The second-order valence-electron chi connectivity index (χ2n) is 3.74. The van der Waals surface area contributed by atoms with Gasteiger partial charge < -0.3 is 0 Å². The summed E-state index contributed by atoms with van der Waals surface area (Å²) in [6.07, 6.45) is -4.71. The van der Waals surface area contributed by atoms with Gasteiger partial charge in [-0.15, -0.1) is 0 Å². The molecule has 0 unspecified atom stereocenters. The van der Waals surface area contributed by atoms with Gasteiger partial charge in [0.05, 0.1) is 15.1 Å². The molecule has 1 heterocycles. The van der Waals surface area contributed by atoms with Crippen LogP contribution in [0.2, 0.25) is 15.1 Å². The fourth-order valence-electron chi connectivity index (χ4n) is 1.52. The van der Waals surface area contributed by atoms with Crippen LogP contribution in [-0.2, 0) is 6.18 Å². The molecule has 1 aromatic heterocycles. The molecule has 0 fully saturated rings. The molecule has 0 atom stereocenters. The first-order valence-corrected chi connectivity index (χ1v) is 6.23. The quantitative estimate of drug-likeness (QED) is 0.466. The Morgan fingerprint density at radius 1 is 0.900 bits per heavy atom. The van der Waals surface area contributed by atoms with E-state index in [1.54, 1.807) is 0 Å². The molecule has 0 bridgehead atoms. The molecule has 1 aromatic carbocycles. The molecule has 106 valence electrons. The number of halogens is 7. The normalized spacial score (nSPS) is 11.8. The molecule has 0 N–H and O–H groups in total. The highest BCUT2D eigenvalue weighted by Gasteiger charge is 2.33. The lowest BCUT2D eigenvalue weighted by Crippen LogP contribution is -2.09. The van der Waals surface area contributed by atoms with Crippen LogP contribution in [0.5, 0.6) is 0 Å². The van der Waals surface area contributed by atoms with E-state index in [2.05, 4.69) is 4.98 Å². The molecule has 20 heavy (non-hydrogen) atoms. The molecule has 1 nitrogen and oxygen atoms in total. The molecule has 8 heteroatoms. The predicted molar refractivity (Wildman–Crippen MR) is 69.7 cm³/mol. The van der Waals surface area contributed by atoms with Crippen molar-refractivity contribution >= 4 is 34.8 Å². The van der Waals surface area contributed by atoms with Crippen LogP contribution in [0, 0.1) is 5.82 Å². The van der Waals surface area contributed by atoms with Crippen LogP contribution < -0.4 is 0 Å². The maximum atomic E-state index is 13.7. The van der Waals surface area contributed by atoms with Gasteiger partial charge in [-0.2, -0.15) is 13.2 Å². The van der Waals surface area contributed by atoms with Crippen molar-refractivity contribution in [1.29, 1.82) is 0 Å². The second-order valence-corrected chi connectivity index (χ2v) is 4.94. The Morgan fingerprint density at radius 2 is 1.50 bits per heavy atom. The Hall–Kier alpha value is -1.04. The maximum absolute atomic E-state index is 13.7. The second kappa shape index (κ2) is 5.39. The van der Waals surface area contributed by atoms with Crippen molar-refractivity contribution in [2.24, 2.45) is 0 Å². The third-order valence-corrected chi connectivity index (χ3v) is 3.54. The van der Waals surface area contributed by atoms with Crippen LogP contribution in [0.1, 0.15) is 5.69 Å². The lowest BCUT2D eigenvalue weighted by molar-refractivity contribution is -0.141. The zero-order chi connectivity index (χ0) is 15.1. The van der Waals surface area contributed by atoms with Gasteiger partial charge in [0, 0.05) is 5.56 Å². The Morgan fingerprint density at radius 3 is 2.10 bits per heavy atom. The van der Waals surface area contributed by atoms with E-state index >= 15 is 0 Å². The third kappa shape index (κ3) is 2.85. The Bertz CT molecular complexity index is 670. The van der Waals surface area contributed by atoms with Crippen molar-refractivity contribution in [2.75, 3.05) is 0 Å². The largest absolute Gasteiger partial charge is 0.433 e. The van der Waals surface area contributed by atoms with Gasteiger partial charge in [0.1, 0.15) is 17.2 Å². The molecular formula is C12H4Cl3F4N. The standard InChI is InChI=1S/C12H4Cl3F4N/c13-5-1-2-6(14)10(15)9(5)11-7(16)3-4-8(20-11)12(17,18)19/h1-4H. The highest BCUT2D eigenvalue weighted by Crippen LogP contribution is 2.40. The van der Waals surface area contributed by atoms with Crippen LogP contribution >= 0.6 is 34.8 Å². The van der Waals surface area contributed by atoms with E-state index < -0.39 is 23.4 Å². The summed E-state index contributed by atoms with van der Waals surface area (Å²) in [7, 11) is 0. The lowest BCUT2D eigenvalue weighted by Gasteiger charge is -2.12. The summed E-state index contributed by atoms with van der Waals surface area (Å²) in [6, 6.07) is 3.83. The molecule has 0 radical (unpaired) electrons. The minimum atomic E-state index is -4.71. The highest BCUT2D eigenvalue weighted by atomic mass is 35.5. The zero-order valence-corrected chi connectivity index (χ0v) is 11.7. The first-order valence-electron chi connectivity index (χ1n) is 5.09. The first kappa shape index (κ1) is 15.4. The van der Waals surface area contributed by atoms with Crippen molar-refractivity contribution in [2.45, 2.75) is 6.18 Å². The summed E-state index contributed by atoms with van der Waals surface area (Å²) >= 11 is 17.5. The third-order valence-electron chi connectivity index (χ3n) is 2.42. The van der Waals surface area contributed by atoms with Gasteiger partial charge >= 0.3 is 6.18 Å². The van der Waals surface area contributed by atoms with Crippen molar-refractivity contribution in [3.8, 4) is 11.3 Å².